The summed E-state index contributed by atoms with van der Waals surface area (Å²) >= 11 is 5.31. The van der Waals surface area contributed by atoms with Crippen LogP contribution < -0.4 is 0 Å². The topological polar surface area (TPSA) is 60.4 Å². The van der Waals surface area contributed by atoms with Crippen LogP contribution in [0.2, 0.25) is 0 Å². The largest absolute Gasteiger partial charge is 0.297 e. The molecular weight excluding hydrogens is 276 g/mol. The van der Waals surface area contributed by atoms with E-state index in [-0.39, 0.29) is 11.3 Å². The van der Waals surface area contributed by atoms with Crippen LogP contribution in [0.5, 0.6) is 0 Å². The van der Waals surface area contributed by atoms with E-state index in [0.717, 1.165) is 5.56 Å². The van der Waals surface area contributed by atoms with E-state index in [4.69, 9.17) is 15.8 Å². The van der Waals surface area contributed by atoms with E-state index in [0.29, 0.717) is 6.42 Å². The molecule has 1 rings (SSSR count). The van der Waals surface area contributed by atoms with Crippen LogP contribution >= 0.6 is 11.6 Å². The number of hydrogen-bond acceptors (Lipinski definition) is 4. The third-order valence-electron chi connectivity index (χ3n) is 2.36. The van der Waals surface area contributed by atoms with Crippen molar-refractivity contribution in [2.45, 2.75) is 37.7 Å². The number of halogens is 1. The van der Waals surface area contributed by atoms with Gasteiger partial charge in [-0.15, -0.1) is 0 Å². The van der Waals surface area contributed by atoms with Crippen molar-refractivity contribution in [3.05, 3.63) is 29.8 Å². The second-order valence-electron chi connectivity index (χ2n) is 3.94. The fraction of sp³-hybridized carbons (Fsp3) is 0.417. The van der Waals surface area contributed by atoms with Crippen LogP contribution in [-0.2, 0) is 19.1 Å². The summed E-state index contributed by atoms with van der Waals surface area (Å²) < 4.78 is 28.7. The number of hydrogen-bond donors (Lipinski definition) is 0. The Balaban J connectivity index is 2.93. The average molecular weight is 291 g/mol. The first-order valence-electron chi connectivity index (χ1n) is 5.56. The number of aryl methyl sites for hydroxylation is 1. The lowest BCUT2D eigenvalue weighted by Gasteiger charge is -2.12. The Hall–Kier alpha value is -0.910. The first-order chi connectivity index (χ1) is 8.36. The Morgan fingerprint density at radius 2 is 1.89 bits per heavy atom. The van der Waals surface area contributed by atoms with Crippen LogP contribution in [0.15, 0.2) is 29.2 Å². The third kappa shape index (κ3) is 4.08. The van der Waals surface area contributed by atoms with E-state index in [1.165, 1.54) is 12.1 Å². The minimum absolute atomic E-state index is 0.0205. The van der Waals surface area contributed by atoms with E-state index in [1.807, 2.05) is 13.8 Å². The fourth-order valence-electron chi connectivity index (χ4n) is 1.38. The highest BCUT2D eigenvalue weighted by Crippen LogP contribution is 2.18. The zero-order valence-electron chi connectivity index (χ0n) is 10.2. The van der Waals surface area contributed by atoms with Crippen molar-refractivity contribution in [3.63, 3.8) is 0 Å². The Labute approximate surface area is 112 Å². The molecule has 1 aromatic rings. The third-order valence-corrected chi connectivity index (χ3v) is 3.94. The van der Waals surface area contributed by atoms with Crippen LogP contribution in [-0.4, -0.2) is 19.8 Å². The molecule has 0 saturated heterocycles. The van der Waals surface area contributed by atoms with E-state index < -0.39 is 21.5 Å². The molecular formula is C12H15ClO4S. The summed E-state index contributed by atoms with van der Waals surface area (Å²) in [5, 5.41) is -0.799. The summed E-state index contributed by atoms with van der Waals surface area (Å²) in [7, 11) is -3.95. The van der Waals surface area contributed by atoms with Crippen LogP contribution in [0, 0.1) is 6.92 Å². The van der Waals surface area contributed by atoms with Crippen molar-refractivity contribution in [1.29, 1.82) is 0 Å². The molecule has 0 N–H and O–H groups in total. The standard InChI is InChI=1S/C12H15ClO4S/c1-3-4-11(12(13)14)17-18(15,16)10-7-5-9(2)6-8-10/h5-8,11H,3-4H2,1-2H3. The normalized spacial score (nSPS) is 13.3. The van der Waals surface area contributed by atoms with E-state index in [9.17, 15) is 13.2 Å². The number of carbonyl (C=O) groups excluding carboxylic acids is 1. The molecule has 0 saturated carbocycles. The number of rotatable bonds is 6. The Morgan fingerprint density at radius 3 is 2.33 bits per heavy atom. The lowest BCUT2D eigenvalue weighted by Crippen LogP contribution is -2.24. The zero-order chi connectivity index (χ0) is 13.8. The van der Waals surface area contributed by atoms with Crippen molar-refractivity contribution in [2.75, 3.05) is 0 Å². The molecule has 6 heteroatoms. The summed E-state index contributed by atoms with van der Waals surface area (Å²) in [5.74, 6) is 0. The van der Waals surface area contributed by atoms with Gasteiger partial charge in [0.25, 0.3) is 15.4 Å². The highest BCUT2D eigenvalue weighted by molar-refractivity contribution is 7.86. The van der Waals surface area contributed by atoms with E-state index in [2.05, 4.69) is 0 Å². The van der Waals surface area contributed by atoms with Gasteiger partial charge >= 0.3 is 0 Å². The van der Waals surface area contributed by atoms with Gasteiger partial charge in [0.05, 0.1) is 4.90 Å². The van der Waals surface area contributed by atoms with Crippen LogP contribution in [0.1, 0.15) is 25.3 Å². The van der Waals surface area contributed by atoms with Gasteiger partial charge in [0.1, 0.15) is 0 Å². The van der Waals surface area contributed by atoms with E-state index >= 15 is 0 Å². The predicted molar refractivity (Wildman–Crippen MR) is 69.0 cm³/mol. The van der Waals surface area contributed by atoms with Gasteiger partial charge in [0.2, 0.25) is 0 Å². The van der Waals surface area contributed by atoms with Gasteiger partial charge in [0, 0.05) is 0 Å². The maximum Gasteiger partial charge on any atom is 0.297 e. The lowest BCUT2D eigenvalue weighted by molar-refractivity contribution is -0.118. The van der Waals surface area contributed by atoms with Gasteiger partial charge < -0.3 is 0 Å². The Kier molecular flexibility index (Phi) is 5.31. The highest BCUT2D eigenvalue weighted by atomic mass is 35.5. The molecule has 0 aromatic heterocycles. The first-order valence-corrected chi connectivity index (χ1v) is 7.34. The first kappa shape index (κ1) is 15.1. The Bertz CT molecular complexity index is 507. The predicted octanol–water partition coefficient (Wildman–Crippen LogP) is 2.63. The van der Waals surface area contributed by atoms with Crippen LogP contribution in [0.25, 0.3) is 0 Å². The molecule has 4 nitrogen and oxygen atoms in total. The zero-order valence-corrected chi connectivity index (χ0v) is 11.8. The van der Waals surface area contributed by atoms with Gasteiger partial charge in [0.15, 0.2) is 6.10 Å². The summed E-state index contributed by atoms with van der Waals surface area (Å²) in [4.78, 5) is 11.1. The maximum atomic E-state index is 11.9. The van der Waals surface area contributed by atoms with Crippen molar-refractivity contribution >= 4 is 27.0 Å². The van der Waals surface area contributed by atoms with Gasteiger partial charge in [-0.1, -0.05) is 31.0 Å². The minimum Gasteiger partial charge on any atom is -0.278 e. The van der Waals surface area contributed by atoms with Crippen molar-refractivity contribution in [2.24, 2.45) is 0 Å². The molecule has 0 amide bonds. The summed E-state index contributed by atoms with van der Waals surface area (Å²) in [6.45, 7) is 3.66. The molecule has 0 bridgehead atoms. The van der Waals surface area contributed by atoms with Crippen molar-refractivity contribution < 1.29 is 17.4 Å². The van der Waals surface area contributed by atoms with Crippen LogP contribution in [0.3, 0.4) is 0 Å². The summed E-state index contributed by atoms with van der Waals surface area (Å²) in [6, 6.07) is 6.19. The molecule has 1 atom stereocenters. The van der Waals surface area contributed by atoms with Gasteiger partial charge in [-0.25, -0.2) is 0 Å². The minimum atomic E-state index is -3.95. The average Bonchev–Trinajstić information content (AvgIpc) is 2.28. The maximum absolute atomic E-state index is 11.9. The quantitative estimate of drug-likeness (QED) is 0.597. The number of carbonyl (C=O) groups is 1. The second kappa shape index (κ2) is 6.31. The molecule has 1 aromatic carbocycles. The molecule has 0 spiro atoms. The van der Waals surface area contributed by atoms with Crippen molar-refractivity contribution in [3.8, 4) is 0 Å². The second-order valence-corrected chi connectivity index (χ2v) is 5.89. The molecule has 0 aliphatic carbocycles. The lowest BCUT2D eigenvalue weighted by atomic mass is 10.2. The van der Waals surface area contributed by atoms with Gasteiger partial charge in [-0.3, -0.25) is 8.98 Å². The molecule has 0 fully saturated rings. The highest BCUT2D eigenvalue weighted by Gasteiger charge is 2.25. The van der Waals surface area contributed by atoms with Crippen molar-refractivity contribution in [1.82, 2.24) is 0 Å². The molecule has 0 heterocycles. The SMILES string of the molecule is CCCC(OS(=O)(=O)c1ccc(C)cc1)C(=O)Cl. The molecule has 0 aliphatic heterocycles. The summed E-state index contributed by atoms with van der Waals surface area (Å²) in [5.41, 5.74) is 0.937. The monoisotopic (exact) mass is 290 g/mol. The van der Waals surface area contributed by atoms with Crippen LogP contribution in [0.4, 0.5) is 0 Å². The molecule has 100 valence electrons. The summed E-state index contributed by atoms with van der Waals surface area (Å²) in [6.07, 6.45) is -0.247. The molecule has 0 aliphatic rings. The fourth-order valence-corrected chi connectivity index (χ4v) is 2.65. The number of benzene rings is 1. The van der Waals surface area contributed by atoms with Gasteiger partial charge in [-0.05, 0) is 37.1 Å². The van der Waals surface area contributed by atoms with E-state index in [1.54, 1.807) is 12.1 Å². The van der Waals surface area contributed by atoms with Gasteiger partial charge in [-0.2, -0.15) is 8.42 Å². The molecule has 18 heavy (non-hydrogen) atoms. The Morgan fingerprint density at radius 1 is 1.33 bits per heavy atom. The molecule has 0 radical (unpaired) electrons. The molecule has 1 unspecified atom stereocenters. The smallest absolute Gasteiger partial charge is 0.278 e.